The summed E-state index contributed by atoms with van der Waals surface area (Å²) in [7, 11) is 0. The fourth-order valence-electron chi connectivity index (χ4n) is 2.09. The first-order chi connectivity index (χ1) is 8.47. The monoisotopic (exact) mass is 248 g/mol. The number of rotatable bonds is 3. The number of cyclic esters (lactones) is 1. The topological polar surface area (TPSA) is 66.8 Å². The quantitative estimate of drug-likeness (QED) is 0.806. The molecule has 0 aliphatic carbocycles. The Morgan fingerprint density at radius 1 is 1.28 bits per heavy atom. The third-order valence-electron chi connectivity index (χ3n) is 3.07. The van der Waals surface area contributed by atoms with Gasteiger partial charge in [0.2, 0.25) is 0 Å². The number of phenolic OH excluding ortho intramolecular Hbond substituents is 1. The molecule has 1 aliphatic heterocycles. The Hall–Kier alpha value is -1.97. The molecule has 1 atom stereocenters. The van der Waals surface area contributed by atoms with Gasteiger partial charge in [-0.05, 0) is 37.5 Å². The molecule has 1 unspecified atom stereocenters. The van der Waals surface area contributed by atoms with Crippen LogP contribution in [0.5, 0.6) is 5.75 Å². The second-order valence-electron chi connectivity index (χ2n) is 4.85. The fourth-order valence-corrected chi connectivity index (χ4v) is 2.09. The van der Waals surface area contributed by atoms with Gasteiger partial charge >= 0.3 is 5.97 Å². The predicted octanol–water partition coefficient (Wildman–Crippen LogP) is 2.47. The number of aryl methyl sites for hydroxylation is 1. The summed E-state index contributed by atoms with van der Waals surface area (Å²) in [6.07, 6.45) is 2.80. The van der Waals surface area contributed by atoms with Crippen LogP contribution in [0.15, 0.2) is 36.1 Å². The van der Waals surface area contributed by atoms with Crippen molar-refractivity contribution >= 4 is 5.97 Å². The highest BCUT2D eigenvalue weighted by Gasteiger charge is 2.33. The van der Waals surface area contributed by atoms with Crippen molar-refractivity contribution in [1.29, 1.82) is 0 Å². The van der Waals surface area contributed by atoms with Crippen molar-refractivity contribution in [2.45, 2.75) is 31.8 Å². The molecule has 0 saturated carbocycles. The van der Waals surface area contributed by atoms with Crippen molar-refractivity contribution in [3.63, 3.8) is 0 Å². The number of ether oxygens (including phenoxy) is 1. The first kappa shape index (κ1) is 12.5. The first-order valence-corrected chi connectivity index (χ1v) is 5.87. The summed E-state index contributed by atoms with van der Waals surface area (Å²) in [4.78, 5) is 11.3. The van der Waals surface area contributed by atoms with E-state index >= 15 is 0 Å². The third-order valence-corrected chi connectivity index (χ3v) is 3.07. The Balaban J connectivity index is 1.99. The first-order valence-electron chi connectivity index (χ1n) is 5.87. The molecule has 4 nitrogen and oxygen atoms in total. The lowest BCUT2D eigenvalue weighted by molar-refractivity contribution is -0.155. The summed E-state index contributed by atoms with van der Waals surface area (Å²) in [6, 6.07) is 6.92. The molecule has 0 aromatic heterocycles. The highest BCUT2D eigenvalue weighted by molar-refractivity contribution is 5.83. The minimum absolute atomic E-state index is 0.0689. The average Bonchev–Trinajstić information content (AvgIpc) is 2.26. The van der Waals surface area contributed by atoms with Gasteiger partial charge in [-0.1, -0.05) is 12.1 Å². The van der Waals surface area contributed by atoms with Gasteiger partial charge in [0.1, 0.15) is 17.1 Å². The van der Waals surface area contributed by atoms with E-state index in [1.54, 1.807) is 12.1 Å². The molecule has 1 heterocycles. The van der Waals surface area contributed by atoms with Crippen LogP contribution in [0.4, 0.5) is 0 Å². The SMILES string of the molecule is CC1(CCc2ccc(O)cc2)CC(O)=CC(=O)O1. The lowest BCUT2D eigenvalue weighted by atomic mass is 9.91. The second kappa shape index (κ2) is 4.72. The molecule has 4 heteroatoms. The highest BCUT2D eigenvalue weighted by Crippen LogP contribution is 2.29. The number of aliphatic hydroxyl groups excluding tert-OH is 1. The summed E-state index contributed by atoms with van der Waals surface area (Å²) in [5.41, 5.74) is 0.396. The lowest BCUT2D eigenvalue weighted by Crippen LogP contribution is -2.35. The Morgan fingerprint density at radius 2 is 1.94 bits per heavy atom. The molecule has 1 aliphatic rings. The largest absolute Gasteiger partial charge is 0.512 e. The van der Waals surface area contributed by atoms with Crippen molar-refractivity contribution in [2.24, 2.45) is 0 Å². The number of phenols is 1. The van der Waals surface area contributed by atoms with Gasteiger partial charge in [0.15, 0.2) is 0 Å². The fraction of sp³-hybridized carbons (Fsp3) is 0.357. The summed E-state index contributed by atoms with van der Waals surface area (Å²) >= 11 is 0. The van der Waals surface area contributed by atoms with E-state index in [2.05, 4.69) is 0 Å². The summed E-state index contributed by atoms with van der Waals surface area (Å²) in [5, 5.41) is 18.7. The average molecular weight is 248 g/mol. The molecule has 1 aromatic rings. The molecule has 96 valence electrons. The Bertz CT molecular complexity index is 475. The third kappa shape index (κ3) is 3.03. The van der Waals surface area contributed by atoms with Crippen LogP contribution in [0.25, 0.3) is 0 Å². The zero-order valence-corrected chi connectivity index (χ0v) is 10.2. The van der Waals surface area contributed by atoms with Gasteiger partial charge in [-0.25, -0.2) is 4.79 Å². The smallest absolute Gasteiger partial charge is 0.334 e. The van der Waals surface area contributed by atoms with Gasteiger partial charge in [-0.2, -0.15) is 0 Å². The molecule has 2 N–H and O–H groups in total. The van der Waals surface area contributed by atoms with Crippen LogP contribution in [-0.4, -0.2) is 21.8 Å². The minimum Gasteiger partial charge on any atom is -0.512 e. The zero-order chi connectivity index (χ0) is 13.2. The van der Waals surface area contributed by atoms with Crippen LogP contribution in [0.1, 0.15) is 25.3 Å². The molecule has 0 fully saturated rings. The van der Waals surface area contributed by atoms with Gasteiger partial charge in [-0.15, -0.1) is 0 Å². The van der Waals surface area contributed by atoms with Crippen molar-refractivity contribution in [3.8, 4) is 5.75 Å². The van der Waals surface area contributed by atoms with E-state index in [4.69, 9.17) is 4.74 Å². The maximum Gasteiger partial charge on any atom is 0.334 e. The van der Waals surface area contributed by atoms with Gasteiger partial charge in [0, 0.05) is 6.42 Å². The lowest BCUT2D eigenvalue weighted by Gasteiger charge is -2.31. The van der Waals surface area contributed by atoms with Crippen LogP contribution in [-0.2, 0) is 16.0 Å². The predicted molar refractivity (Wildman–Crippen MR) is 66.3 cm³/mol. The molecule has 1 aromatic carbocycles. The highest BCUT2D eigenvalue weighted by atomic mass is 16.6. The molecule has 0 bridgehead atoms. The Kier molecular flexibility index (Phi) is 3.28. The van der Waals surface area contributed by atoms with Crippen LogP contribution in [0.3, 0.4) is 0 Å². The Labute approximate surface area is 106 Å². The second-order valence-corrected chi connectivity index (χ2v) is 4.85. The van der Waals surface area contributed by atoms with Gasteiger partial charge in [0.05, 0.1) is 6.08 Å². The van der Waals surface area contributed by atoms with E-state index in [1.165, 1.54) is 0 Å². The van der Waals surface area contributed by atoms with Crippen LogP contribution >= 0.6 is 0 Å². The van der Waals surface area contributed by atoms with Crippen molar-refractivity contribution in [2.75, 3.05) is 0 Å². The van der Waals surface area contributed by atoms with Crippen LogP contribution < -0.4 is 0 Å². The summed E-state index contributed by atoms with van der Waals surface area (Å²) in [6.45, 7) is 1.81. The van der Waals surface area contributed by atoms with Crippen molar-refractivity contribution in [1.82, 2.24) is 0 Å². The van der Waals surface area contributed by atoms with Crippen molar-refractivity contribution in [3.05, 3.63) is 41.7 Å². The van der Waals surface area contributed by atoms with Crippen LogP contribution in [0.2, 0.25) is 0 Å². The standard InChI is InChI=1S/C14H16O4/c1-14(9-12(16)8-13(17)18-14)7-6-10-2-4-11(15)5-3-10/h2-5,8,15-16H,6-7,9H2,1H3. The maximum absolute atomic E-state index is 11.3. The van der Waals surface area contributed by atoms with E-state index < -0.39 is 11.6 Å². The van der Waals surface area contributed by atoms with E-state index in [9.17, 15) is 15.0 Å². The number of carbonyl (C=O) groups is 1. The van der Waals surface area contributed by atoms with Gasteiger partial charge in [-0.3, -0.25) is 0 Å². The Morgan fingerprint density at radius 3 is 2.56 bits per heavy atom. The van der Waals surface area contributed by atoms with E-state index in [0.29, 0.717) is 12.8 Å². The number of aliphatic hydroxyl groups is 1. The van der Waals surface area contributed by atoms with E-state index in [-0.39, 0.29) is 11.5 Å². The van der Waals surface area contributed by atoms with Crippen LogP contribution in [0, 0.1) is 0 Å². The molecule has 18 heavy (non-hydrogen) atoms. The molecular formula is C14H16O4. The molecule has 0 saturated heterocycles. The van der Waals surface area contributed by atoms with E-state index in [0.717, 1.165) is 18.1 Å². The molecule has 0 spiro atoms. The number of benzene rings is 1. The maximum atomic E-state index is 11.3. The number of esters is 1. The number of carbonyl (C=O) groups excluding carboxylic acids is 1. The van der Waals surface area contributed by atoms with E-state index in [1.807, 2.05) is 19.1 Å². The normalized spacial score (nSPS) is 23.4. The molecule has 0 amide bonds. The molecular weight excluding hydrogens is 232 g/mol. The zero-order valence-electron chi connectivity index (χ0n) is 10.2. The number of hydrogen-bond donors (Lipinski definition) is 2. The minimum atomic E-state index is -0.659. The molecule has 0 radical (unpaired) electrons. The summed E-state index contributed by atoms with van der Waals surface area (Å²) in [5.74, 6) is -0.193. The van der Waals surface area contributed by atoms with Gasteiger partial charge < -0.3 is 14.9 Å². The molecule has 2 rings (SSSR count). The van der Waals surface area contributed by atoms with Gasteiger partial charge in [0.25, 0.3) is 0 Å². The number of hydrogen-bond acceptors (Lipinski definition) is 4. The van der Waals surface area contributed by atoms with Crippen molar-refractivity contribution < 1.29 is 19.7 Å². The summed E-state index contributed by atoms with van der Waals surface area (Å²) < 4.78 is 5.26. The number of aromatic hydroxyl groups is 1.